The lowest BCUT2D eigenvalue weighted by Crippen LogP contribution is -2.31. The molecular weight excluding hydrogens is 344 g/mol. The fraction of sp³-hybridized carbons (Fsp3) is 0.238. The molecule has 2 aromatic carbocycles. The molecule has 142 valence electrons. The Labute approximate surface area is 159 Å². The van der Waals surface area contributed by atoms with Crippen molar-refractivity contribution in [2.75, 3.05) is 26.1 Å². The molecule has 2 aromatic rings. The third-order valence-electron chi connectivity index (χ3n) is 3.93. The van der Waals surface area contributed by atoms with Crippen molar-refractivity contribution in [3.8, 4) is 11.5 Å². The summed E-state index contributed by atoms with van der Waals surface area (Å²) >= 11 is 0. The van der Waals surface area contributed by atoms with Gasteiger partial charge in [0.15, 0.2) is 11.5 Å². The number of hydrogen-bond donors (Lipinski definition) is 2. The zero-order valence-electron chi connectivity index (χ0n) is 15.7. The SMILES string of the molecule is CCc1ccccc1NC(=O)CNC(=O)/C=C/c1ccc(OC)c(OC)c1. The van der Waals surface area contributed by atoms with Crippen molar-refractivity contribution >= 4 is 23.6 Å². The zero-order chi connectivity index (χ0) is 19.6. The number of para-hydroxylation sites is 1. The molecule has 2 amide bonds. The monoisotopic (exact) mass is 368 g/mol. The summed E-state index contributed by atoms with van der Waals surface area (Å²) in [6, 6.07) is 12.9. The Kier molecular flexibility index (Phi) is 7.43. The molecule has 0 saturated carbocycles. The number of rotatable bonds is 8. The number of carbonyl (C=O) groups excluding carboxylic acids is 2. The first-order valence-corrected chi connectivity index (χ1v) is 8.63. The van der Waals surface area contributed by atoms with Gasteiger partial charge in [-0.15, -0.1) is 0 Å². The van der Waals surface area contributed by atoms with Gasteiger partial charge in [-0.1, -0.05) is 31.2 Å². The molecule has 0 aromatic heterocycles. The highest BCUT2D eigenvalue weighted by atomic mass is 16.5. The molecule has 0 spiro atoms. The minimum Gasteiger partial charge on any atom is -0.493 e. The predicted molar refractivity (Wildman–Crippen MR) is 106 cm³/mol. The fourth-order valence-corrected chi connectivity index (χ4v) is 2.50. The van der Waals surface area contributed by atoms with Crippen LogP contribution in [0.5, 0.6) is 11.5 Å². The fourth-order valence-electron chi connectivity index (χ4n) is 2.50. The number of nitrogens with one attached hydrogen (secondary N) is 2. The van der Waals surface area contributed by atoms with E-state index in [1.807, 2.05) is 31.2 Å². The summed E-state index contributed by atoms with van der Waals surface area (Å²) in [5.41, 5.74) is 2.59. The van der Waals surface area contributed by atoms with E-state index in [0.29, 0.717) is 11.5 Å². The van der Waals surface area contributed by atoms with Crippen molar-refractivity contribution in [3.63, 3.8) is 0 Å². The molecule has 0 unspecified atom stereocenters. The van der Waals surface area contributed by atoms with Crippen LogP contribution in [0.4, 0.5) is 5.69 Å². The topological polar surface area (TPSA) is 76.7 Å². The second-order valence-electron chi connectivity index (χ2n) is 5.72. The van der Waals surface area contributed by atoms with E-state index in [9.17, 15) is 9.59 Å². The van der Waals surface area contributed by atoms with E-state index < -0.39 is 0 Å². The summed E-state index contributed by atoms with van der Waals surface area (Å²) in [5.74, 6) is 0.560. The lowest BCUT2D eigenvalue weighted by molar-refractivity contribution is -0.121. The van der Waals surface area contributed by atoms with Crippen LogP contribution in [-0.4, -0.2) is 32.6 Å². The highest BCUT2D eigenvalue weighted by Crippen LogP contribution is 2.27. The molecule has 0 heterocycles. The van der Waals surface area contributed by atoms with Gasteiger partial charge in [0.25, 0.3) is 0 Å². The van der Waals surface area contributed by atoms with Crippen LogP contribution >= 0.6 is 0 Å². The Morgan fingerprint density at radius 1 is 1.04 bits per heavy atom. The quantitative estimate of drug-likeness (QED) is 0.702. The van der Waals surface area contributed by atoms with E-state index in [1.165, 1.54) is 6.08 Å². The number of carbonyl (C=O) groups is 2. The zero-order valence-corrected chi connectivity index (χ0v) is 15.7. The first-order valence-electron chi connectivity index (χ1n) is 8.63. The Morgan fingerprint density at radius 3 is 2.48 bits per heavy atom. The molecule has 0 aliphatic heterocycles. The number of amides is 2. The average Bonchev–Trinajstić information content (AvgIpc) is 2.70. The maximum Gasteiger partial charge on any atom is 0.244 e. The van der Waals surface area contributed by atoms with Crippen molar-refractivity contribution in [2.24, 2.45) is 0 Å². The highest BCUT2D eigenvalue weighted by molar-refractivity contribution is 5.98. The standard InChI is InChI=1S/C21H24N2O4/c1-4-16-7-5-6-8-17(16)23-21(25)14-22-20(24)12-10-15-9-11-18(26-2)19(13-15)27-3/h5-13H,4,14H2,1-3H3,(H,22,24)(H,23,25)/b12-10+. The molecule has 0 fully saturated rings. The Morgan fingerprint density at radius 2 is 1.78 bits per heavy atom. The normalized spacial score (nSPS) is 10.5. The van der Waals surface area contributed by atoms with Crippen LogP contribution in [0.1, 0.15) is 18.1 Å². The van der Waals surface area contributed by atoms with Crippen molar-refractivity contribution in [2.45, 2.75) is 13.3 Å². The summed E-state index contributed by atoms with van der Waals surface area (Å²) in [7, 11) is 3.11. The van der Waals surface area contributed by atoms with Crippen molar-refractivity contribution < 1.29 is 19.1 Å². The lowest BCUT2D eigenvalue weighted by Gasteiger charge is -2.09. The number of methoxy groups -OCH3 is 2. The molecule has 2 rings (SSSR count). The maximum atomic E-state index is 12.0. The molecule has 6 heteroatoms. The van der Waals surface area contributed by atoms with Gasteiger partial charge < -0.3 is 20.1 Å². The number of anilines is 1. The van der Waals surface area contributed by atoms with Crippen LogP contribution in [0.15, 0.2) is 48.5 Å². The number of benzene rings is 2. The second kappa shape index (κ2) is 10.0. The third-order valence-corrected chi connectivity index (χ3v) is 3.93. The average molecular weight is 368 g/mol. The number of aryl methyl sites for hydroxylation is 1. The molecule has 0 radical (unpaired) electrons. The molecule has 27 heavy (non-hydrogen) atoms. The van der Waals surface area contributed by atoms with Gasteiger partial charge in [0.2, 0.25) is 11.8 Å². The van der Waals surface area contributed by atoms with Gasteiger partial charge in [0, 0.05) is 11.8 Å². The number of ether oxygens (including phenoxy) is 2. The van der Waals surface area contributed by atoms with Crippen molar-refractivity contribution in [1.29, 1.82) is 0 Å². The Balaban J connectivity index is 1.88. The Bertz CT molecular complexity index is 831. The predicted octanol–water partition coefficient (Wildman–Crippen LogP) is 3.03. The van der Waals surface area contributed by atoms with Gasteiger partial charge in [-0.3, -0.25) is 9.59 Å². The van der Waals surface area contributed by atoms with Crippen LogP contribution in [0, 0.1) is 0 Å². The second-order valence-corrected chi connectivity index (χ2v) is 5.72. The smallest absolute Gasteiger partial charge is 0.244 e. The largest absolute Gasteiger partial charge is 0.493 e. The van der Waals surface area contributed by atoms with Crippen LogP contribution in [0.2, 0.25) is 0 Å². The van der Waals surface area contributed by atoms with Gasteiger partial charge in [-0.05, 0) is 41.8 Å². The van der Waals surface area contributed by atoms with Crippen molar-refractivity contribution in [3.05, 3.63) is 59.7 Å². The lowest BCUT2D eigenvalue weighted by atomic mass is 10.1. The van der Waals surface area contributed by atoms with E-state index in [1.54, 1.807) is 38.5 Å². The van der Waals surface area contributed by atoms with E-state index in [2.05, 4.69) is 10.6 Å². The first kappa shape index (κ1) is 20.0. The molecule has 0 atom stereocenters. The van der Waals surface area contributed by atoms with Gasteiger partial charge in [0.05, 0.1) is 20.8 Å². The number of hydrogen-bond acceptors (Lipinski definition) is 4. The molecule has 6 nitrogen and oxygen atoms in total. The van der Waals surface area contributed by atoms with Crippen LogP contribution in [0.3, 0.4) is 0 Å². The summed E-state index contributed by atoms with van der Waals surface area (Å²) in [6.45, 7) is 1.92. The molecule has 0 aliphatic carbocycles. The molecule has 0 saturated heterocycles. The van der Waals surface area contributed by atoms with Crippen LogP contribution in [-0.2, 0) is 16.0 Å². The summed E-state index contributed by atoms with van der Waals surface area (Å²) < 4.78 is 10.4. The highest BCUT2D eigenvalue weighted by Gasteiger charge is 2.07. The van der Waals surface area contributed by atoms with E-state index >= 15 is 0 Å². The first-order chi connectivity index (χ1) is 13.1. The molecule has 2 N–H and O–H groups in total. The van der Waals surface area contributed by atoms with E-state index in [0.717, 1.165) is 23.2 Å². The molecule has 0 aliphatic rings. The molecule has 0 bridgehead atoms. The van der Waals surface area contributed by atoms with Gasteiger partial charge in [-0.25, -0.2) is 0 Å². The summed E-state index contributed by atoms with van der Waals surface area (Å²) in [4.78, 5) is 24.0. The van der Waals surface area contributed by atoms with Gasteiger partial charge in [-0.2, -0.15) is 0 Å². The summed E-state index contributed by atoms with van der Waals surface area (Å²) in [6.07, 6.45) is 3.83. The third kappa shape index (κ3) is 5.88. The van der Waals surface area contributed by atoms with Crippen LogP contribution in [0.25, 0.3) is 6.08 Å². The minimum atomic E-state index is -0.358. The van der Waals surface area contributed by atoms with E-state index in [4.69, 9.17) is 9.47 Å². The molecular formula is C21H24N2O4. The Hall–Kier alpha value is -3.28. The van der Waals surface area contributed by atoms with Crippen molar-refractivity contribution in [1.82, 2.24) is 5.32 Å². The minimum absolute atomic E-state index is 0.104. The van der Waals surface area contributed by atoms with Gasteiger partial charge >= 0.3 is 0 Å². The van der Waals surface area contributed by atoms with Crippen LogP contribution < -0.4 is 20.1 Å². The maximum absolute atomic E-state index is 12.0. The van der Waals surface area contributed by atoms with E-state index in [-0.39, 0.29) is 18.4 Å². The summed E-state index contributed by atoms with van der Waals surface area (Å²) in [5, 5.41) is 5.38. The van der Waals surface area contributed by atoms with Gasteiger partial charge in [0.1, 0.15) is 0 Å².